The Morgan fingerprint density at radius 2 is 1.64 bits per heavy atom. The van der Waals surface area contributed by atoms with Gasteiger partial charge in [-0.2, -0.15) is 0 Å². The van der Waals surface area contributed by atoms with Gasteiger partial charge in [-0.1, -0.05) is 34.8 Å². The Hall–Kier alpha value is -0.560. The number of piperidine rings is 1. The maximum Gasteiger partial charge on any atom is 0.238 e. The number of ether oxygens (including phenoxy) is 1. The van der Waals surface area contributed by atoms with Crippen molar-refractivity contribution in [2.75, 3.05) is 44.6 Å². The van der Waals surface area contributed by atoms with Gasteiger partial charge in [-0.3, -0.25) is 14.6 Å². The van der Waals surface area contributed by atoms with Crippen molar-refractivity contribution >= 4 is 46.4 Å². The van der Waals surface area contributed by atoms with Gasteiger partial charge in [-0.15, -0.1) is 0 Å². The second kappa shape index (κ2) is 9.96. The third-order valence-corrected chi connectivity index (χ3v) is 6.40. The first kappa shape index (κ1) is 22.1. The normalized spacial score (nSPS) is 25.0. The first-order valence-corrected chi connectivity index (χ1v) is 11.0. The maximum absolute atomic E-state index is 12.4. The van der Waals surface area contributed by atoms with Crippen LogP contribution in [0, 0.1) is 5.92 Å². The zero-order valence-electron chi connectivity index (χ0n) is 16.4. The van der Waals surface area contributed by atoms with Crippen molar-refractivity contribution in [3.8, 4) is 0 Å². The fourth-order valence-electron chi connectivity index (χ4n) is 4.14. The number of amides is 1. The van der Waals surface area contributed by atoms with Crippen LogP contribution in [0.5, 0.6) is 0 Å². The second-order valence-electron chi connectivity index (χ2n) is 7.99. The zero-order valence-corrected chi connectivity index (χ0v) is 18.7. The van der Waals surface area contributed by atoms with Crippen LogP contribution in [0.15, 0.2) is 12.1 Å². The van der Waals surface area contributed by atoms with Gasteiger partial charge in [-0.05, 0) is 57.8 Å². The van der Waals surface area contributed by atoms with Crippen molar-refractivity contribution in [2.24, 2.45) is 5.92 Å². The molecule has 0 saturated carbocycles. The van der Waals surface area contributed by atoms with Crippen molar-refractivity contribution in [3.63, 3.8) is 0 Å². The Balaban J connectivity index is 1.43. The number of likely N-dealkylation sites (tertiary alicyclic amines) is 1. The molecule has 1 aromatic rings. The number of rotatable bonds is 5. The van der Waals surface area contributed by atoms with Crippen LogP contribution in [0.4, 0.5) is 5.69 Å². The smallest absolute Gasteiger partial charge is 0.238 e. The standard InChI is InChI=1S/C20H28Cl3N3O2/c1-13-9-26(10-14(2)28-13)11-15-3-5-25(6-4-15)12-20(27)24-19-8-17(22)16(21)7-18(19)23/h7-8,13-15H,3-6,9-12H2,1-2H3,(H,24,27). The Morgan fingerprint density at radius 3 is 2.29 bits per heavy atom. The topological polar surface area (TPSA) is 44.8 Å². The number of benzene rings is 1. The molecule has 2 heterocycles. The molecule has 0 bridgehead atoms. The van der Waals surface area contributed by atoms with Gasteiger partial charge in [0.25, 0.3) is 0 Å². The number of hydrogen-bond acceptors (Lipinski definition) is 4. The quantitative estimate of drug-likeness (QED) is 0.678. The number of carbonyl (C=O) groups is 1. The molecule has 5 nitrogen and oxygen atoms in total. The van der Waals surface area contributed by atoms with E-state index < -0.39 is 0 Å². The number of nitrogens with zero attached hydrogens (tertiary/aromatic N) is 2. The third kappa shape index (κ3) is 6.22. The van der Waals surface area contributed by atoms with Crippen LogP contribution in [0.3, 0.4) is 0 Å². The molecule has 2 fully saturated rings. The lowest BCUT2D eigenvalue weighted by Gasteiger charge is -2.39. The van der Waals surface area contributed by atoms with Crippen molar-refractivity contribution in [1.29, 1.82) is 0 Å². The third-order valence-electron chi connectivity index (χ3n) is 5.37. The van der Waals surface area contributed by atoms with Crippen LogP contribution in [0.2, 0.25) is 15.1 Å². The van der Waals surface area contributed by atoms with E-state index in [4.69, 9.17) is 39.5 Å². The van der Waals surface area contributed by atoms with E-state index in [1.54, 1.807) is 12.1 Å². The fraction of sp³-hybridized carbons (Fsp3) is 0.650. The Labute approximate surface area is 182 Å². The molecule has 1 amide bonds. The minimum atomic E-state index is -0.0884. The summed E-state index contributed by atoms with van der Waals surface area (Å²) in [4.78, 5) is 17.1. The van der Waals surface area contributed by atoms with E-state index in [1.165, 1.54) is 0 Å². The van der Waals surface area contributed by atoms with Gasteiger partial charge in [0, 0.05) is 19.6 Å². The highest BCUT2D eigenvalue weighted by atomic mass is 35.5. The molecule has 0 spiro atoms. The second-order valence-corrected chi connectivity index (χ2v) is 9.21. The van der Waals surface area contributed by atoms with E-state index in [1.807, 2.05) is 0 Å². The summed E-state index contributed by atoms with van der Waals surface area (Å²) in [6.45, 7) is 9.65. The SMILES string of the molecule is CC1CN(CC2CCN(CC(=O)Nc3cc(Cl)c(Cl)cc3Cl)CC2)CC(C)O1. The Morgan fingerprint density at radius 1 is 1.04 bits per heavy atom. The summed E-state index contributed by atoms with van der Waals surface area (Å²) >= 11 is 18.1. The molecule has 1 N–H and O–H groups in total. The molecule has 156 valence electrons. The molecule has 2 saturated heterocycles. The van der Waals surface area contributed by atoms with E-state index in [0.29, 0.717) is 45.4 Å². The number of halogens is 3. The fourth-order valence-corrected chi connectivity index (χ4v) is 4.73. The highest BCUT2D eigenvalue weighted by Crippen LogP contribution is 2.32. The Kier molecular flexibility index (Phi) is 7.88. The van der Waals surface area contributed by atoms with Crippen LogP contribution in [-0.2, 0) is 9.53 Å². The average molecular weight is 449 g/mol. The summed E-state index contributed by atoms with van der Waals surface area (Å²) in [5.74, 6) is 0.593. The van der Waals surface area contributed by atoms with Gasteiger partial charge in [-0.25, -0.2) is 0 Å². The van der Waals surface area contributed by atoms with Gasteiger partial charge in [0.2, 0.25) is 5.91 Å². The number of anilines is 1. The zero-order chi connectivity index (χ0) is 20.3. The predicted octanol–water partition coefficient (Wildman–Crippen LogP) is 4.41. The molecule has 2 unspecified atom stereocenters. The van der Waals surface area contributed by atoms with Crippen molar-refractivity contribution in [1.82, 2.24) is 9.80 Å². The van der Waals surface area contributed by atoms with E-state index >= 15 is 0 Å². The average Bonchev–Trinajstić information content (AvgIpc) is 2.60. The van der Waals surface area contributed by atoms with Gasteiger partial charge in [0.05, 0.1) is 39.5 Å². The highest BCUT2D eigenvalue weighted by molar-refractivity contribution is 6.44. The van der Waals surface area contributed by atoms with Crippen LogP contribution in [0.25, 0.3) is 0 Å². The Bertz CT molecular complexity index is 686. The molecule has 2 aliphatic rings. The maximum atomic E-state index is 12.4. The molecular formula is C20H28Cl3N3O2. The van der Waals surface area contributed by atoms with Crippen molar-refractivity contribution < 1.29 is 9.53 Å². The van der Waals surface area contributed by atoms with Crippen molar-refractivity contribution in [3.05, 3.63) is 27.2 Å². The molecule has 2 aliphatic heterocycles. The molecular weight excluding hydrogens is 421 g/mol. The largest absolute Gasteiger partial charge is 0.373 e. The first-order chi connectivity index (χ1) is 13.3. The highest BCUT2D eigenvalue weighted by Gasteiger charge is 2.27. The molecule has 0 radical (unpaired) electrons. The predicted molar refractivity (Wildman–Crippen MR) is 116 cm³/mol. The van der Waals surface area contributed by atoms with Gasteiger partial charge in [0.1, 0.15) is 0 Å². The lowest BCUT2D eigenvalue weighted by atomic mass is 9.95. The minimum Gasteiger partial charge on any atom is -0.373 e. The molecule has 2 atom stereocenters. The van der Waals surface area contributed by atoms with Crippen LogP contribution in [0.1, 0.15) is 26.7 Å². The van der Waals surface area contributed by atoms with Crippen LogP contribution in [-0.4, -0.2) is 67.2 Å². The summed E-state index contributed by atoms with van der Waals surface area (Å²) in [6.07, 6.45) is 2.84. The lowest BCUT2D eigenvalue weighted by Crippen LogP contribution is -2.48. The molecule has 8 heteroatoms. The van der Waals surface area contributed by atoms with Crippen LogP contribution >= 0.6 is 34.8 Å². The van der Waals surface area contributed by atoms with Gasteiger partial charge < -0.3 is 10.1 Å². The number of morpholine rings is 1. The first-order valence-electron chi connectivity index (χ1n) is 9.84. The lowest BCUT2D eigenvalue weighted by molar-refractivity contribution is -0.117. The molecule has 28 heavy (non-hydrogen) atoms. The van der Waals surface area contributed by atoms with E-state index in [0.717, 1.165) is 45.6 Å². The number of nitrogens with one attached hydrogen (secondary N) is 1. The number of hydrogen-bond donors (Lipinski definition) is 1. The van der Waals surface area contributed by atoms with Gasteiger partial charge >= 0.3 is 0 Å². The minimum absolute atomic E-state index is 0.0884. The summed E-state index contributed by atoms with van der Waals surface area (Å²) in [6, 6.07) is 3.13. The summed E-state index contributed by atoms with van der Waals surface area (Å²) in [7, 11) is 0. The summed E-state index contributed by atoms with van der Waals surface area (Å²) in [5.41, 5.74) is 0.492. The van der Waals surface area contributed by atoms with Gasteiger partial charge in [0.15, 0.2) is 0 Å². The molecule has 0 aliphatic carbocycles. The summed E-state index contributed by atoms with van der Waals surface area (Å²) < 4.78 is 5.82. The molecule has 1 aromatic carbocycles. The van der Waals surface area contributed by atoms with E-state index in [2.05, 4.69) is 29.0 Å². The molecule has 0 aromatic heterocycles. The molecule has 3 rings (SSSR count). The van der Waals surface area contributed by atoms with Crippen molar-refractivity contribution in [2.45, 2.75) is 38.9 Å². The number of carbonyl (C=O) groups excluding carboxylic acids is 1. The van der Waals surface area contributed by atoms with E-state index in [9.17, 15) is 4.79 Å². The summed E-state index contributed by atoms with van der Waals surface area (Å²) in [5, 5.41) is 3.96. The van der Waals surface area contributed by atoms with Crippen LogP contribution < -0.4 is 5.32 Å². The van der Waals surface area contributed by atoms with E-state index in [-0.39, 0.29) is 5.91 Å². The monoisotopic (exact) mass is 447 g/mol.